The van der Waals surface area contributed by atoms with Crippen LogP contribution in [-0.4, -0.2) is 69.8 Å². The van der Waals surface area contributed by atoms with Crippen LogP contribution in [0.4, 0.5) is 0 Å². The Bertz CT molecular complexity index is 1180. The molecule has 0 radical (unpaired) electrons. The lowest BCUT2D eigenvalue weighted by Gasteiger charge is -2.30. The molecule has 2 aromatic heterocycles. The first kappa shape index (κ1) is 22.6. The van der Waals surface area contributed by atoms with Crippen molar-refractivity contribution in [2.45, 2.75) is 51.0 Å². The molecule has 7 heteroatoms. The summed E-state index contributed by atoms with van der Waals surface area (Å²) in [6, 6.07) is 5.96. The van der Waals surface area contributed by atoms with Crippen LogP contribution in [0.1, 0.15) is 65.9 Å². The number of nitrogens with one attached hydrogen (secondary N) is 1. The number of nitrogens with zero attached hydrogens (tertiary/aromatic N) is 4. The zero-order valence-electron chi connectivity index (χ0n) is 20.4. The minimum absolute atomic E-state index is 0.0397. The Balaban J connectivity index is 1.15. The molecule has 3 unspecified atom stereocenters. The number of pyridine rings is 1. The van der Waals surface area contributed by atoms with Crippen molar-refractivity contribution in [3.05, 3.63) is 54.2 Å². The molecule has 2 saturated heterocycles. The molecule has 4 aliphatic rings. The lowest BCUT2D eigenvalue weighted by molar-refractivity contribution is 0.0774. The first-order valence-electron chi connectivity index (χ1n) is 13.2. The molecule has 1 N–H and O–H groups in total. The van der Waals surface area contributed by atoms with Crippen LogP contribution in [0.3, 0.4) is 0 Å². The molecule has 0 bridgehead atoms. The monoisotopic (exact) mass is 473 g/mol. The predicted octanol–water partition coefficient (Wildman–Crippen LogP) is 3.52. The summed E-state index contributed by atoms with van der Waals surface area (Å²) >= 11 is 0. The van der Waals surface area contributed by atoms with Gasteiger partial charge in [0.2, 0.25) is 0 Å². The van der Waals surface area contributed by atoms with E-state index < -0.39 is 0 Å². The molecular weight excluding hydrogens is 438 g/mol. The van der Waals surface area contributed by atoms with Crippen LogP contribution < -0.4 is 5.32 Å². The fourth-order valence-electron chi connectivity index (χ4n) is 6.83. The SMILES string of the molecule is C=C=CCC1(CNC(=O)c2cccc3nc(C(=O)N4CCC(N5CCCC5)C4)cn23)CC2CC2C1. The smallest absolute Gasteiger partial charge is 0.274 e. The number of amides is 2. The molecule has 0 spiro atoms. The highest BCUT2D eigenvalue weighted by Crippen LogP contribution is 2.61. The van der Waals surface area contributed by atoms with E-state index in [1.54, 1.807) is 16.7 Å². The number of aromatic nitrogens is 2. The second-order valence-corrected chi connectivity index (χ2v) is 11.2. The average Bonchev–Trinajstić information content (AvgIpc) is 3.45. The van der Waals surface area contributed by atoms with Gasteiger partial charge in [0, 0.05) is 31.9 Å². The highest BCUT2D eigenvalue weighted by molar-refractivity contribution is 5.95. The largest absolute Gasteiger partial charge is 0.350 e. The Labute approximate surface area is 206 Å². The molecule has 0 aromatic carbocycles. The van der Waals surface area contributed by atoms with Crippen LogP contribution in [0.5, 0.6) is 0 Å². The molecule has 2 saturated carbocycles. The molecule has 35 heavy (non-hydrogen) atoms. The van der Waals surface area contributed by atoms with Crippen molar-refractivity contribution in [3.8, 4) is 0 Å². The third kappa shape index (κ3) is 4.32. The molecule has 184 valence electrons. The number of hydrogen-bond donors (Lipinski definition) is 1. The molecule has 4 fully saturated rings. The van der Waals surface area contributed by atoms with Gasteiger partial charge in [0.25, 0.3) is 11.8 Å². The van der Waals surface area contributed by atoms with Crippen LogP contribution in [0.15, 0.2) is 42.8 Å². The van der Waals surface area contributed by atoms with Gasteiger partial charge in [-0.3, -0.25) is 18.9 Å². The Morgan fingerprint density at radius 3 is 2.77 bits per heavy atom. The highest BCUT2D eigenvalue weighted by Gasteiger charge is 2.53. The number of likely N-dealkylation sites (tertiary alicyclic amines) is 2. The molecule has 7 nitrogen and oxygen atoms in total. The highest BCUT2D eigenvalue weighted by atomic mass is 16.2. The number of fused-ring (bicyclic) bond motifs is 2. The molecule has 2 amide bonds. The zero-order chi connectivity index (χ0) is 24.0. The summed E-state index contributed by atoms with van der Waals surface area (Å²) in [4.78, 5) is 35.5. The second kappa shape index (κ2) is 8.96. The summed E-state index contributed by atoms with van der Waals surface area (Å²) in [5.74, 6) is 1.49. The fourth-order valence-corrected chi connectivity index (χ4v) is 6.83. The van der Waals surface area contributed by atoms with Gasteiger partial charge in [0.15, 0.2) is 0 Å². The van der Waals surface area contributed by atoms with Gasteiger partial charge in [-0.05, 0) is 93.5 Å². The molecule has 6 rings (SSSR count). The second-order valence-electron chi connectivity index (χ2n) is 11.2. The molecule has 3 atom stereocenters. The van der Waals surface area contributed by atoms with Crippen LogP contribution in [0, 0.1) is 17.3 Å². The fraction of sp³-hybridized carbons (Fsp3) is 0.571. The lowest BCUT2D eigenvalue weighted by Crippen LogP contribution is -2.37. The van der Waals surface area contributed by atoms with Crippen LogP contribution >= 0.6 is 0 Å². The van der Waals surface area contributed by atoms with Gasteiger partial charge in [0.05, 0.1) is 0 Å². The van der Waals surface area contributed by atoms with Crippen LogP contribution in [-0.2, 0) is 0 Å². The Morgan fingerprint density at radius 1 is 1.20 bits per heavy atom. The number of carbonyl (C=O) groups is 2. The van der Waals surface area contributed by atoms with E-state index in [-0.39, 0.29) is 17.2 Å². The van der Waals surface area contributed by atoms with E-state index >= 15 is 0 Å². The van der Waals surface area contributed by atoms with Gasteiger partial charge in [-0.2, -0.15) is 0 Å². The molecular formula is C28H35N5O2. The maximum atomic E-state index is 13.3. The van der Waals surface area contributed by atoms with Gasteiger partial charge in [-0.15, -0.1) is 5.73 Å². The molecule has 2 aliphatic carbocycles. The maximum Gasteiger partial charge on any atom is 0.274 e. The van der Waals surface area contributed by atoms with E-state index in [0.717, 1.165) is 63.7 Å². The van der Waals surface area contributed by atoms with Gasteiger partial charge in [0.1, 0.15) is 17.0 Å². The van der Waals surface area contributed by atoms with Crippen molar-refractivity contribution >= 4 is 17.5 Å². The third-order valence-electron chi connectivity index (χ3n) is 8.81. The number of imidazole rings is 1. The van der Waals surface area contributed by atoms with E-state index in [4.69, 9.17) is 0 Å². The standard InChI is InChI=1S/C28H35N5O2/c1-2-3-10-28(15-20-14-21(20)16-28)19-29-26(34)24-7-6-8-25-30-23(18-33(24)25)27(35)32-13-9-22(17-32)31-11-4-5-12-31/h3,6-8,18,20-22H,1,4-5,9-17,19H2,(H,29,34). The quantitative estimate of drug-likeness (QED) is 0.625. The molecule has 4 heterocycles. The van der Waals surface area contributed by atoms with Crippen molar-refractivity contribution in [1.29, 1.82) is 0 Å². The minimum atomic E-state index is -0.121. The average molecular weight is 474 g/mol. The Hall–Kier alpha value is -2.89. The van der Waals surface area contributed by atoms with Crippen molar-refractivity contribution in [3.63, 3.8) is 0 Å². The van der Waals surface area contributed by atoms with Crippen molar-refractivity contribution < 1.29 is 9.59 Å². The minimum Gasteiger partial charge on any atom is -0.350 e. The molecule has 2 aromatic rings. The zero-order valence-corrected chi connectivity index (χ0v) is 20.4. The summed E-state index contributed by atoms with van der Waals surface area (Å²) in [6.45, 7) is 8.19. The normalized spacial score (nSPS) is 29.8. The van der Waals surface area contributed by atoms with Crippen molar-refractivity contribution in [1.82, 2.24) is 24.5 Å². The van der Waals surface area contributed by atoms with Gasteiger partial charge < -0.3 is 10.2 Å². The van der Waals surface area contributed by atoms with E-state index in [9.17, 15) is 9.59 Å². The lowest BCUT2D eigenvalue weighted by atomic mass is 9.79. The number of carbonyl (C=O) groups excluding carboxylic acids is 2. The topological polar surface area (TPSA) is 70.0 Å². The van der Waals surface area contributed by atoms with E-state index in [0.29, 0.717) is 29.6 Å². The van der Waals surface area contributed by atoms with E-state index in [1.807, 2.05) is 23.1 Å². The summed E-state index contributed by atoms with van der Waals surface area (Å²) in [5, 5.41) is 3.20. The van der Waals surface area contributed by atoms with Crippen molar-refractivity contribution in [2.24, 2.45) is 17.3 Å². The molecule has 2 aliphatic heterocycles. The summed E-state index contributed by atoms with van der Waals surface area (Å²) in [7, 11) is 0. The summed E-state index contributed by atoms with van der Waals surface area (Å²) in [6.07, 6.45) is 11.9. The number of allylic oxidation sites excluding steroid dienone is 1. The summed E-state index contributed by atoms with van der Waals surface area (Å²) < 4.78 is 1.76. The van der Waals surface area contributed by atoms with Crippen molar-refractivity contribution in [2.75, 3.05) is 32.7 Å². The first-order chi connectivity index (χ1) is 17.0. The van der Waals surface area contributed by atoms with Gasteiger partial charge in [-0.25, -0.2) is 4.98 Å². The summed E-state index contributed by atoms with van der Waals surface area (Å²) in [5.41, 5.74) is 4.58. The van der Waals surface area contributed by atoms with E-state index in [1.165, 1.54) is 19.3 Å². The van der Waals surface area contributed by atoms with Gasteiger partial charge in [-0.1, -0.05) is 12.6 Å². The van der Waals surface area contributed by atoms with Crippen LogP contribution in [0.2, 0.25) is 0 Å². The Kier molecular flexibility index (Phi) is 5.78. The maximum absolute atomic E-state index is 13.3. The predicted molar refractivity (Wildman–Crippen MR) is 134 cm³/mol. The number of rotatable bonds is 7. The first-order valence-corrected chi connectivity index (χ1v) is 13.2. The van der Waals surface area contributed by atoms with Gasteiger partial charge >= 0.3 is 0 Å². The number of hydrogen-bond acceptors (Lipinski definition) is 4. The van der Waals surface area contributed by atoms with Crippen LogP contribution in [0.25, 0.3) is 5.65 Å². The van der Waals surface area contributed by atoms with E-state index in [2.05, 4.69) is 27.5 Å². The Morgan fingerprint density at radius 2 is 2.00 bits per heavy atom. The third-order valence-corrected chi connectivity index (χ3v) is 8.81.